The summed E-state index contributed by atoms with van der Waals surface area (Å²) in [6.07, 6.45) is 14.4. The molecule has 2 aliphatic carbocycles. The molecule has 2 amide bonds. The van der Waals surface area contributed by atoms with Crippen molar-refractivity contribution in [3.63, 3.8) is 0 Å². The van der Waals surface area contributed by atoms with Crippen molar-refractivity contribution in [2.24, 2.45) is 4.99 Å². The molecule has 4 rings (SSSR count). The third kappa shape index (κ3) is 5.08. The highest BCUT2D eigenvalue weighted by atomic mass is 35.5. The largest absolute Gasteiger partial charge is 0.474 e. The molecule has 0 saturated heterocycles. The Hall–Kier alpha value is -2.66. The lowest BCUT2D eigenvalue weighted by atomic mass is 9.96. The van der Waals surface area contributed by atoms with E-state index in [-0.39, 0.29) is 17.7 Å². The molecule has 1 fully saturated rings. The summed E-state index contributed by atoms with van der Waals surface area (Å²) in [4.78, 5) is 29.3. The lowest BCUT2D eigenvalue weighted by Gasteiger charge is -2.25. The molecule has 0 bridgehead atoms. The maximum atomic E-state index is 12.7. The Balaban J connectivity index is 1.46. The van der Waals surface area contributed by atoms with Crippen LogP contribution >= 0.6 is 11.6 Å². The third-order valence-electron chi connectivity index (χ3n) is 5.59. The van der Waals surface area contributed by atoms with E-state index < -0.39 is 12.0 Å². The Kier molecular flexibility index (Phi) is 6.48. The number of fused-ring (bicyclic) bond motifs is 1. The lowest BCUT2D eigenvalue weighted by Crippen LogP contribution is -2.38. The zero-order chi connectivity index (χ0) is 20.9. The van der Waals surface area contributed by atoms with Crippen LogP contribution < -0.4 is 5.32 Å². The van der Waals surface area contributed by atoms with Gasteiger partial charge in [-0.1, -0.05) is 55.8 Å². The maximum absolute atomic E-state index is 12.7. The van der Waals surface area contributed by atoms with Crippen LogP contribution in [-0.4, -0.2) is 29.7 Å². The fourth-order valence-electron chi connectivity index (χ4n) is 3.99. The van der Waals surface area contributed by atoms with Crippen LogP contribution in [0.4, 0.5) is 0 Å². The molecule has 3 aliphatic rings. The molecule has 1 aromatic rings. The van der Waals surface area contributed by atoms with E-state index in [1.54, 1.807) is 42.5 Å². The molecule has 6 heteroatoms. The molecule has 1 unspecified atom stereocenters. The number of rotatable bonds is 3. The van der Waals surface area contributed by atoms with Gasteiger partial charge in [-0.15, -0.1) is 0 Å². The van der Waals surface area contributed by atoms with E-state index in [9.17, 15) is 9.59 Å². The minimum atomic E-state index is -0.480. The normalized spacial score (nSPS) is 23.6. The zero-order valence-corrected chi connectivity index (χ0v) is 17.5. The Morgan fingerprint density at radius 3 is 2.70 bits per heavy atom. The van der Waals surface area contributed by atoms with Crippen LogP contribution in [0.2, 0.25) is 5.02 Å². The highest BCUT2D eigenvalue weighted by Gasteiger charge is 2.29. The molecule has 1 N–H and O–H groups in total. The van der Waals surface area contributed by atoms with Crippen molar-refractivity contribution in [1.82, 2.24) is 5.32 Å². The number of halogens is 1. The first-order valence-electron chi connectivity index (χ1n) is 10.6. The van der Waals surface area contributed by atoms with Crippen molar-refractivity contribution >= 4 is 35.2 Å². The second-order valence-corrected chi connectivity index (χ2v) is 8.35. The highest BCUT2D eigenvalue weighted by molar-refractivity contribution is 6.30. The van der Waals surface area contributed by atoms with Crippen molar-refractivity contribution in [2.75, 3.05) is 0 Å². The fraction of sp³-hybridized carbons (Fsp3) is 0.375. The number of ether oxygens (including phenoxy) is 1. The zero-order valence-electron chi connectivity index (χ0n) is 16.8. The molecule has 0 spiro atoms. The van der Waals surface area contributed by atoms with Gasteiger partial charge in [-0.25, -0.2) is 4.99 Å². The molecule has 30 heavy (non-hydrogen) atoms. The molecule has 156 valence electrons. The SMILES string of the molecule is O=C(NC1CCCCCCC1)C1=CC2=NC(=O)/C(=C/c3cccc(Cl)c3)OC2C=C1. The minimum Gasteiger partial charge on any atom is -0.474 e. The van der Waals surface area contributed by atoms with Gasteiger partial charge < -0.3 is 10.1 Å². The predicted molar refractivity (Wildman–Crippen MR) is 118 cm³/mol. The Bertz CT molecular complexity index is 953. The van der Waals surface area contributed by atoms with Crippen molar-refractivity contribution in [3.8, 4) is 0 Å². The van der Waals surface area contributed by atoms with Crippen molar-refractivity contribution < 1.29 is 14.3 Å². The van der Waals surface area contributed by atoms with Gasteiger partial charge in [0.25, 0.3) is 5.91 Å². The first kappa shape index (κ1) is 20.6. The van der Waals surface area contributed by atoms with Crippen molar-refractivity contribution in [1.29, 1.82) is 0 Å². The third-order valence-corrected chi connectivity index (χ3v) is 5.82. The molecule has 1 atom stereocenters. The van der Waals surface area contributed by atoms with E-state index in [1.807, 2.05) is 6.07 Å². The number of carbonyl (C=O) groups is 2. The minimum absolute atomic E-state index is 0.120. The standard InChI is InChI=1S/C24H25ClN2O3/c25-18-8-6-7-16(13-18)14-22-24(29)27-20-15-17(11-12-21(20)30-22)23(28)26-19-9-4-2-1-3-5-10-19/h6-8,11-15,19,21H,1-5,9-10H2,(H,26,28)/b22-14-. The van der Waals surface area contributed by atoms with Crippen molar-refractivity contribution in [3.05, 3.63) is 64.4 Å². The van der Waals surface area contributed by atoms with Gasteiger partial charge in [-0.2, -0.15) is 0 Å². The molecule has 1 aliphatic heterocycles. The number of carbonyl (C=O) groups excluding carboxylic acids is 2. The first-order valence-corrected chi connectivity index (χ1v) is 10.9. The van der Waals surface area contributed by atoms with Gasteiger partial charge >= 0.3 is 5.91 Å². The summed E-state index contributed by atoms with van der Waals surface area (Å²) in [5, 5.41) is 3.73. The number of nitrogens with zero attached hydrogens (tertiary/aromatic N) is 1. The Labute approximate surface area is 181 Å². The van der Waals surface area contributed by atoms with Crippen LogP contribution in [0.1, 0.15) is 50.5 Å². The average molecular weight is 425 g/mol. The molecular weight excluding hydrogens is 400 g/mol. The summed E-state index contributed by atoms with van der Waals surface area (Å²) in [6, 6.07) is 7.37. The van der Waals surface area contributed by atoms with Gasteiger partial charge in [0.1, 0.15) is 0 Å². The molecule has 1 saturated carbocycles. The van der Waals surface area contributed by atoms with E-state index in [0.717, 1.165) is 31.2 Å². The van der Waals surface area contributed by atoms with E-state index >= 15 is 0 Å². The molecule has 1 heterocycles. The van der Waals surface area contributed by atoms with Gasteiger partial charge in [-0.05, 0) is 54.8 Å². The van der Waals surface area contributed by atoms with Crippen LogP contribution in [0.15, 0.2) is 58.8 Å². The van der Waals surface area contributed by atoms with Gasteiger partial charge in [-0.3, -0.25) is 9.59 Å². The molecule has 0 aromatic heterocycles. The van der Waals surface area contributed by atoms with Gasteiger partial charge in [0, 0.05) is 16.6 Å². The van der Waals surface area contributed by atoms with Crippen LogP contribution in [0, 0.1) is 0 Å². The van der Waals surface area contributed by atoms with Gasteiger partial charge in [0.05, 0.1) is 5.71 Å². The summed E-state index contributed by atoms with van der Waals surface area (Å²) in [5.41, 5.74) is 1.72. The molecule has 5 nitrogen and oxygen atoms in total. The van der Waals surface area contributed by atoms with Gasteiger partial charge in [0.15, 0.2) is 11.9 Å². The summed E-state index contributed by atoms with van der Waals surface area (Å²) in [7, 11) is 0. The number of hydrogen-bond donors (Lipinski definition) is 1. The van der Waals surface area contributed by atoms with Crippen LogP contribution in [-0.2, 0) is 14.3 Å². The molecule has 1 aromatic carbocycles. The quantitative estimate of drug-likeness (QED) is 0.710. The summed E-state index contributed by atoms with van der Waals surface area (Å²) >= 11 is 6.00. The molecule has 0 radical (unpaired) electrons. The van der Waals surface area contributed by atoms with E-state index in [1.165, 1.54) is 19.3 Å². The van der Waals surface area contributed by atoms with E-state index in [4.69, 9.17) is 16.3 Å². The highest BCUT2D eigenvalue weighted by Crippen LogP contribution is 2.24. The van der Waals surface area contributed by atoms with Crippen LogP contribution in [0.3, 0.4) is 0 Å². The lowest BCUT2D eigenvalue weighted by molar-refractivity contribution is -0.119. The van der Waals surface area contributed by atoms with E-state index in [2.05, 4.69) is 10.3 Å². The average Bonchev–Trinajstić information content (AvgIpc) is 2.70. The number of amides is 2. The Morgan fingerprint density at radius 2 is 1.93 bits per heavy atom. The predicted octanol–water partition coefficient (Wildman–Crippen LogP) is 4.77. The van der Waals surface area contributed by atoms with E-state index in [0.29, 0.717) is 16.3 Å². The monoisotopic (exact) mass is 424 g/mol. The fourth-order valence-corrected chi connectivity index (χ4v) is 4.19. The summed E-state index contributed by atoms with van der Waals surface area (Å²) < 4.78 is 5.83. The van der Waals surface area contributed by atoms with Crippen molar-refractivity contribution in [2.45, 2.75) is 57.1 Å². The summed E-state index contributed by atoms with van der Waals surface area (Å²) in [5.74, 6) is -0.426. The second kappa shape index (κ2) is 9.43. The smallest absolute Gasteiger partial charge is 0.312 e. The van der Waals surface area contributed by atoms with Gasteiger partial charge in [0.2, 0.25) is 0 Å². The first-order chi connectivity index (χ1) is 14.6. The second-order valence-electron chi connectivity index (χ2n) is 7.92. The number of benzene rings is 1. The molecular formula is C24H25ClN2O3. The van der Waals surface area contributed by atoms with Crippen LogP contribution in [0.25, 0.3) is 6.08 Å². The maximum Gasteiger partial charge on any atom is 0.312 e. The van der Waals surface area contributed by atoms with Crippen LogP contribution in [0.5, 0.6) is 0 Å². The topological polar surface area (TPSA) is 67.8 Å². The summed E-state index contributed by atoms with van der Waals surface area (Å²) in [6.45, 7) is 0. The number of nitrogens with one attached hydrogen (secondary N) is 1. The Morgan fingerprint density at radius 1 is 1.17 bits per heavy atom. The number of hydrogen-bond acceptors (Lipinski definition) is 3. The number of aliphatic imine (C=N–C) groups is 1.